The second kappa shape index (κ2) is 3.44. The largest absolute Gasteiger partial charge is 0.394 e. The van der Waals surface area contributed by atoms with E-state index in [-0.39, 0.29) is 6.42 Å². The average Bonchev–Trinajstić information content (AvgIpc) is 1.97. The molecule has 4 atom stereocenters. The molecule has 3 N–H and O–H groups in total. The fourth-order valence-electron chi connectivity index (χ4n) is 1.01. The van der Waals surface area contributed by atoms with Crippen molar-refractivity contribution in [3.63, 3.8) is 0 Å². The zero-order valence-electron chi connectivity index (χ0n) is 5.85. The first-order valence-corrected chi connectivity index (χ1v) is 3.41. The number of halogens is 1. The molecule has 0 aromatic rings. The van der Waals surface area contributed by atoms with Crippen molar-refractivity contribution in [2.45, 2.75) is 31.1 Å². The lowest BCUT2D eigenvalue weighted by atomic mass is 10.0. The van der Waals surface area contributed by atoms with E-state index in [4.69, 9.17) is 15.3 Å². The lowest BCUT2D eigenvalue weighted by molar-refractivity contribution is -0.240. The predicted octanol–water partition coefficient (Wildman–Crippen LogP) is -1.22. The first-order valence-electron chi connectivity index (χ1n) is 3.41. The summed E-state index contributed by atoms with van der Waals surface area (Å²) < 4.78 is 17.3. The minimum Gasteiger partial charge on any atom is -0.394 e. The summed E-state index contributed by atoms with van der Waals surface area (Å²) in [5.41, 5.74) is 0. The van der Waals surface area contributed by atoms with Crippen molar-refractivity contribution in [2.75, 3.05) is 6.61 Å². The minimum absolute atomic E-state index is 0.188. The highest BCUT2D eigenvalue weighted by Crippen LogP contribution is 2.20. The van der Waals surface area contributed by atoms with Crippen molar-refractivity contribution in [3.8, 4) is 0 Å². The van der Waals surface area contributed by atoms with Crippen LogP contribution in [0.5, 0.6) is 0 Å². The number of hydrogen-bond acceptors (Lipinski definition) is 4. The lowest BCUT2D eigenvalue weighted by Gasteiger charge is -2.32. The molecule has 0 aliphatic carbocycles. The average molecular weight is 166 g/mol. The van der Waals surface area contributed by atoms with E-state index in [1.807, 2.05) is 0 Å². The zero-order valence-corrected chi connectivity index (χ0v) is 5.85. The van der Waals surface area contributed by atoms with Gasteiger partial charge in [0.1, 0.15) is 18.4 Å². The van der Waals surface area contributed by atoms with Crippen LogP contribution in [0.2, 0.25) is 0 Å². The first-order chi connectivity index (χ1) is 5.15. The maximum absolute atomic E-state index is 12.7. The summed E-state index contributed by atoms with van der Waals surface area (Å²) in [5, 5.41) is 26.2. The van der Waals surface area contributed by atoms with Crippen LogP contribution in [0.15, 0.2) is 0 Å². The number of hydrogen-bond donors (Lipinski definition) is 3. The predicted molar refractivity (Wildman–Crippen MR) is 33.5 cm³/mol. The van der Waals surface area contributed by atoms with E-state index in [0.717, 1.165) is 0 Å². The smallest absolute Gasteiger partial charge is 0.181 e. The maximum Gasteiger partial charge on any atom is 0.181 e. The van der Waals surface area contributed by atoms with Gasteiger partial charge in [0, 0.05) is 6.42 Å². The van der Waals surface area contributed by atoms with E-state index >= 15 is 0 Å². The fraction of sp³-hybridized carbons (Fsp3) is 1.00. The first kappa shape index (κ1) is 8.86. The standard InChI is InChI=1S/C6H11FO4/c7-3-1-4(9)6(10)11-5(3)2-8/h3-6,8-10H,1-2H2/t3-,4?,5?,6?/m1/s1. The van der Waals surface area contributed by atoms with E-state index < -0.39 is 31.3 Å². The summed E-state index contributed by atoms with van der Waals surface area (Å²) in [6.07, 6.45) is -5.16. The molecule has 11 heavy (non-hydrogen) atoms. The summed E-state index contributed by atoms with van der Waals surface area (Å²) in [6.45, 7) is -0.481. The molecule has 1 heterocycles. The van der Waals surface area contributed by atoms with Crippen LogP contribution in [0.4, 0.5) is 4.39 Å². The van der Waals surface area contributed by atoms with Gasteiger partial charge in [0.2, 0.25) is 0 Å². The highest BCUT2D eigenvalue weighted by Gasteiger charge is 2.35. The molecule has 1 aliphatic rings. The Hall–Kier alpha value is -0.230. The van der Waals surface area contributed by atoms with Gasteiger partial charge in [-0.05, 0) is 0 Å². The third kappa shape index (κ3) is 1.87. The summed E-state index contributed by atoms with van der Waals surface area (Å²) in [5.74, 6) is 0. The van der Waals surface area contributed by atoms with E-state index in [0.29, 0.717) is 0 Å². The number of aliphatic hydroxyl groups excluding tert-OH is 3. The fourth-order valence-corrected chi connectivity index (χ4v) is 1.01. The van der Waals surface area contributed by atoms with Gasteiger partial charge in [-0.2, -0.15) is 0 Å². The van der Waals surface area contributed by atoms with Crippen molar-refractivity contribution < 1.29 is 24.4 Å². The van der Waals surface area contributed by atoms with E-state index in [2.05, 4.69) is 4.74 Å². The summed E-state index contributed by atoms with van der Waals surface area (Å²) >= 11 is 0. The Balaban J connectivity index is 2.48. The Labute approximate surface area is 63.2 Å². The molecular weight excluding hydrogens is 155 g/mol. The van der Waals surface area contributed by atoms with Gasteiger partial charge in [0.05, 0.1) is 6.61 Å². The van der Waals surface area contributed by atoms with Crippen molar-refractivity contribution >= 4 is 0 Å². The molecule has 0 spiro atoms. The lowest BCUT2D eigenvalue weighted by Crippen LogP contribution is -2.46. The molecule has 1 rings (SSSR count). The zero-order chi connectivity index (χ0) is 8.43. The summed E-state index contributed by atoms with van der Waals surface area (Å²) in [6, 6.07) is 0. The van der Waals surface area contributed by atoms with Crippen molar-refractivity contribution in [1.82, 2.24) is 0 Å². The van der Waals surface area contributed by atoms with Crippen LogP contribution < -0.4 is 0 Å². The maximum atomic E-state index is 12.7. The molecule has 5 heteroatoms. The van der Waals surface area contributed by atoms with Crippen LogP contribution in [0.25, 0.3) is 0 Å². The third-order valence-corrected chi connectivity index (χ3v) is 1.69. The van der Waals surface area contributed by atoms with Gasteiger partial charge in [-0.3, -0.25) is 0 Å². The van der Waals surface area contributed by atoms with Gasteiger partial charge in [0.25, 0.3) is 0 Å². The topological polar surface area (TPSA) is 69.9 Å². The Morgan fingerprint density at radius 1 is 1.45 bits per heavy atom. The summed E-state index contributed by atoms with van der Waals surface area (Å²) in [4.78, 5) is 0. The van der Waals surface area contributed by atoms with Gasteiger partial charge in [-0.25, -0.2) is 4.39 Å². The molecule has 66 valence electrons. The van der Waals surface area contributed by atoms with Crippen molar-refractivity contribution in [2.24, 2.45) is 0 Å². The Bertz CT molecular complexity index is 132. The van der Waals surface area contributed by atoms with Crippen LogP contribution in [0, 0.1) is 0 Å². The van der Waals surface area contributed by atoms with E-state index in [1.54, 1.807) is 0 Å². The monoisotopic (exact) mass is 166 g/mol. The highest BCUT2D eigenvalue weighted by atomic mass is 19.1. The van der Waals surface area contributed by atoms with Crippen LogP contribution in [-0.4, -0.2) is 46.6 Å². The normalized spacial score (nSPS) is 45.8. The van der Waals surface area contributed by atoms with E-state index in [9.17, 15) is 4.39 Å². The SMILES string of the molecule is OCC1OC(O)C(O)C[C@H]1F. The molecule has 0 saturated carbocycles. The van der Waals surface area contributed by atoms with Crippen LogP contribution in [0.3, 0.4) is 0 Å². The highest BCUT2D eigenvalue weighted by molar-refractivity contribution is 4.79. The Morgan fingerprint density at radius 2 is 2.09 bits per heavy atom. The third-order valence-electron chi connectivity index (χ3n) is 1.69. The Morgan fingerprint density at radius 3 is 2.64 bits per heavy atom. The van der Waals surface area contributed by atoms with Gasteiger partial charge in [0.15, 0.2) is 6.29 Å². The van der Waals surface area contributed by atoms with Gasteiger partial charge in [-0.1, -0.05) is 0 Å². The number of ether oxygens (including phenoxy) is 1. The van der Waals surface area contributed by atoms with Gasteiger partial charge in [-0.15, -0.1) is 0 Å². The number of aliphatic hydroxyl groups is 3. The molecule has 0 aromatic heterocycles. The molecule has 0 aromatic carbocycles. The van der Waals surface area contributed by atoms with E-state index in [1.165, 1.54) is 0 Å². The molecule has 1 saturated heterocycles. The molecule has 0 bridgehead atoms. The molecule has 1 fully saturated rings. The quantitative estimate of drug-likeness (QED) is 0.457. The molecular formula is C6H11FO4. The summed E-state index contributed by atoms with van der Waals surface area (Å²) in [7, 11) is 0. The number of rotatable bonds is 1. The Kier molecular flexibility index (Phi) is 2.78. The van der Waals surface area contributed by atoms with Crippen LogP contribution >= 0.6 is 0 Å². The second-order valence-electron chi connectivity index (χ2n) is 2.57. The molecule has 1 aliphatic heterocycles. The minimum atomic E-state index is -1.40. The van der Waals surface area contributed by atoms with Crippen molar-refractivity contribution in [3.05, 3.63) is 0 Å². The second-order valence-corrected chi connectivity index (χ2v) is 2.57. The van der Waals surface area contributed by atoms with Crippen LogP contribution in [-0.2, 0) is 4.74 Å². The van der Waals surface area contributed by atoms with Crippen molar-refractivity contribution in [1.29, 1.82) is 0 Å². The van der Waals surface area contributed by atoms with Gasteiger partial charge < -0.3 is 20.1 Å². The molecule has 0 radical (unpaired) electrons. The molecule has 0 amide bonds. The number of alkyl halides is 1. The molecule has 3 unspecified atom stereocenters. The van der Waals surface area contributed by atoms with Gasteiger partial charge >= 0.3 is 0 Å². The molecule has 4 nitrogen and oxygen atoms in total. The van der Waals surface area contributed by atoms with Crippen LogP contribution in [0.1, 0.15) is 6.42 Å².